The summed E-state index contributed by atoms with van der Waals surface area (Å²) in [5.41, 5.74) is -0.566. The van der Waals surface area contributed by atoms with E-state index in [9.17, 15) is 4.79 Å². The van der Waals surface area contributed by atoms with Gasteiger partial charge in [-0.1, -0.05) is 0 Å². The van der Waals surface area contributed by atoms with Crippen molar-refractivity contribution in [3.05, 3.63) is 24.4 Å². The number of rotatable bonds is 6. The molecule has 0 aromatic carbocycles. The number of ether oxygens (including phenoxy) is 4. The normalized spacial score (nSPS) is 21.9. The fourth-order valence-corrected chi connectivity index (χ4v) is 2.05. The lowest BCUT2D eigenvalue weighted by molar-refractivity contribution is 0.00233. The minimum Gasteiger partial charge on any atom is -0.505 e. The monoisotopic (exact) mass is 298 g/mol. The Hall–Kier alpha value is -1.65. The van der Waals surface area contributed by atoms with Crippen LogP contribution in [0.5, 0.6) is 0 Å². The van der Waals surface area contributed by atoms with Crippen molar-refractivity contribution < 1.29 is 23.7 Å². The highest BCUT2D eigenvalue weighted by Gasteiger charge is 2.32. The number of unbranched alkanes of at least 4 members (excludes halogenated alkanes) is 1. The lowest BCUT2D eigenvalue weighted by atomic mass is 9.96. The minimum absolute atomic E-state index is 0.00819. The first-order chi connectivity index (χ1) is 9.83. The highest BCUT2D eigenvalue weighted by molar-refractivity contribution is 5.62. The third kappa shape index (κ3) is 6.56. The maximum atomic E-state index is 11.7. The summed E-state index contributed by atoms with van der Waals surface area (Å²) in [6.07, 6.45) is 7.24. The topological polar surface area (TPSA) is 54.0 Å². The van der Waals surface area contributed by atoms with Gasteiger partial charge in [-0.2, -0.15) is 0 Å². The summed E-state index contributed by atoms with van der Waals surface area (Å²) in [7, 11) is 1.62. The first-order valence-corrected chi connectivity index (χ1v) is 7.27. The van der Waals surface area contributed by atoms with Gasteiger partial charge in [-0.15, -0.1) is 0 Å². The van der Waals surface area contributed by atoms with E-state index in [2.05, 4.69) is 0 Å². The van der Waals surface area contributed by atoms with Crippen molar-refractivity contribution in [1.29, 1.82) is 0 Å². The van der Waals surface area contributed by atoms with E-state index in [1.165, 1.54) is 6.26 Å². The molecule has 2 atom stereocenters. The van der Waals surface area contributed by atoms with Crippen molar-refractivity contribution in [3.8, 4) is 0 Å². The minimum atomic E-state index is -0.685. The molecule has 5 nitrogen and oxygen atoms in total. The molecule has 0 saturated heterocycles. The Morgan fingerprint density at radius 2 is 2.14 bits per heavy atom. The number of carbonyl (C=O) groups excluding carboxylic acids is 1. The molecule has 0 radical (unpaired) electrons. The van der Waals surface area contributed by atoms with E-state index in [0.29, 0.717) is 5.76 Å². The van der Waals surface area contributed by atoms with Gasteiger partial charge in [-0.25, -0.2) is 4.79 Å². The quantitative estimate of drug-likeness (QED) is 0.419. The molecule has 21 heavy (non-hydrogen) atoms. The molecule has 0 spiro atoms. The van der Waals surface area contributed by atoms with Crippen molar-refractivity contribution in [2.24, 2.45) is 5.92 Å². The van der Waals surface area contributed by atoms with E-state index in [1.54, 1.807) is 34.1 Å². The van der Waals surface area contributed by atoms with Crippen LogP contribution in [-0.4, -0.2) is 25.0 Å². The van der Waals surface area contributed by atoms with E-state index in [0.717, 1.165) is 19.3 Å². The molecule has 0 aromatic heterocycles. The Labute approximate surface area is 126 Å². The van der Waals surface area contributed by atoms with Gasteiger partial charge in [0.2, 0.25) is 0 Å². The molecular formula is C16H26O5. The fourth-order valence-electron chi connectivity index (χ4n) is 2.05. The maximum absolute atomic E-state index is 11.7. The zero-order chi connectivity index (χ0) is 15.9. The Kier molecular flexibility index (Phi) is 6.59. The zero-order valence-corrected chi connectivity index (χ0v) is 13.5. The molecule has 1 aliphatic heterocycles. The molecule has 1 rings (SSSR count). The van der Waals surface area contributed by atoms with E-state index < -0.39 is 11.8 Å². The zero-order valence-electron chi connectivity index (χ0n) is 13.5. The summed E-state index contributed by atoms with van der Waals surface area (Å²) in [6.45, 7) is 7.37. The highest BCUT2D eigenvalue weighted by Crippen LogP contribution is 2.31. The first kappa shape index (κ1) is 17.4. The van der Waals surface area contributed by atoms with Gasteiger partial charge in [0.15, 0.2) is 5.76 Å². The van der Waals surface area contributed by atoms with Gasteiger partial charge < -0.3 is 18.9 Å². The van der Waals surface area contributed by atoms with Gasteiger partial charge in [0.25, 0.3) is 0 Å². The molecule has 0 aromatic rings. The van der Waals surface area contributed by atoms with Gasteiger partial charge in [0.1, 0.15) is 18.0 Å². The van der Waals surface area contributed by atoms with Gasteiger partial charge in [0, 0.05) is 0 Å². The first-order valence-electron chi connectivity index (χ1n) is 7.27. The van der Waals surface area contributed by atoms with E-state index in [1.807, 2.05) is 13.0 Å². The molecule has 0 fully saturated rings. The highest BCUT2D eigenvalue weighted by atomic mass is 16.7. The Morgan fingerprint density at radius 3 is 2.76 bits per heavy atom. The van der Waals surface area contributed by atoms with Gasteiger partial charge >= 0.3 is 6.16 Å². The average Bonchev–Trinajstić information content (AvgIpc) is 2.68. The van der Waals surface area contributed by atoms with Crippen molar-refractivity contribution in [2.45, 2.75) is 58.7 Å². The molecule has 1 heterocycles. The third-order valence-electron chi connectivity index (χ3n) is 3.04. The van der Waals surface area contributed by atoms with Crippen molar-refractivity contribution in [1.82, 2.24) is 0 Å². The predicted molar refractivity (Wildman–Crippen MR) is 79.4 cm³/mol. The molecule has 1 aliphatic rings. The van der Waals surface area contributed by atoms with Crippen molar-refractivity contribution in [3.63, 3.8) is 0 Å². The standard InChI is InChI=1S/C16H26O5/c1-12-13(9-7-6-8-10-18-5)14(11-19-12)20-15(17)21-16(2,3)4/h8,10-13H,6-7,9H2,1-5H3/b10-8+/t12-,13-/m1/s1. The number of hydrogen-bond acceptors (Lipinski definition) is 5. The average molecular weight is 298 g/mol. The van der Waals surface area contributed by atoms with Crippen molar-refractivity contribution >= 4 is 6.16 Å². The van der Waals surface area contributed by atoms with Gasteiger partial charge in [-0.05, 0) is 53.0 Å². The molecule has 0 N–H and O–H groups in total. The van der Waals surface area contributed by atoms with Crippen LogP contribution in [0.4, 0.5) is 4.79 Å². The maximum Gasteiger partial charge on any atom is 0.514 e. The predicted octanol–water partition coefficient (Wildman–Crippen LogP) is 4.14. The molecular weight excluding hydrogens is 272 g/mol. The molecule has 0 unspecified atom stereocenters. The summed E-state index contributed by atoms with van der Waals surface area (Å²) >= 11 is 0. The number of carbonyl (C=O) groups is 1. The molecule has 0 amide bonds. The summed E-state index contributed by atoms with van der Waals surface area (Å²) in [6, 6.07) is 0. The summed E-state index contributed by atoms with van der Waals surface area (Å²) in [5.74, 6) is 0.626. The Balaban J connectivity index is 2.45. The smallest absolute Gasteiger partial charge is 0.505 e. The summed E-state index contributed by atoms with van der Waals surface area (Å²) in [4.78, 5) is 11.7. The largest absolute Gasteiger partial charge is 0.514 e. The molecule has 5 heteroatoms. The van der Waals surface area contributed by atoms with Crippen LogP contribution < -0.4 is 0 Å². The van der Waals surface area contributed by atoms with Gasteiger partial charge in [0.05, 0.1) is 19.3 Å². The van der Waals surface area contributed by atoms with Crippen LogP contribution in [0.2, 0.25) is 0 Å². The van der Waals surface area contributed by atoms with E-state index >= 15 is 0 Å². The second-order valence-electron chi connectivity index (χ2n) is 6.07. The number of allylic oxidation sites excluding steroid dienone is 1. The van der Waals surface area contributed by atoms with Crippen molar-refractivity contribution in [2.75, 3.05) is 7.11 Å². The van der Waals surface area contributed by atoms with Crippen LogP contribution in [0.15, 0.2) is 24.4 Å². The van der Waals surface area contributed by atoms with E-state index in [4.69, 9.17) is 18.9 Å². The lowest BCUT2D eigenvalue weighted by Crippen LogP contribution is -2.25. The number of hydrogen-bond donors (Lipinski definition) is 0. The van der Waals surface area contributed by atoms with Gasteiger partial charge in [-0.3, -0.25) is 0 Å². The van der Waals surface area contributed by atoms with E-state index in [-0.39, 0.29) is 12.0 Å². The molecule has 0 aliphatic carbocycles. The van der Waals surface area contributed by atoms with Crippen LogP contribution in [-0.2, 0) is 18.9 Å². The molecule has 120 valence electrons. The molecule has 0 saturated carbocycles. The van der Waals surface area contributed by atoms with Crippen LogP contribution >= 0.6 is 0 Å². The van der Waals surface area contributed by atoms with Crippen LogP contribution in [0.3, 0.4) is 0 Å². The number of methoxy groups -OCH3 is 1. The third-order valence-corrected chi connectivity index (χ3v) is 3.04. The second kappa shape index (κ2) is 7.96. The Bertz CT molecular complexity index is 392. The summed E-state index contributed by atoms with van der Waals surface area (Å²) in [5, 5.41) is 0. The van der Waals surface area contributed by atoms with Crippen LogP contribution in [0.1, 0.15) is 47.0 Å². The second-order valence-corrected chi connectivity index (χ2v) is 6.07. The van der Waals surface area contributed by atoms with Crippen LogP contribution in [0.25, 0.3) is 0 Å². The molecule has 0 bridgehead atoms. The SMILES string of the molecule is CO/C=C/CCC[C@H]1C(OC(=O)OC(C)(C)C)=CO[C@@H]1C. The summed E-state index contributed by atoms with van der Waals surface area (Å²) < 4.78 is 20.7. The Morgan fingerprint density at radius 1 is 1.43 bits per heavy atom. The lowest BCUT2D eigenvalue weighted by Gasteiger charge is -2.21. The fraction of sp³-hybridized carbons (Fsp3) is 0.688. The van der Waals surface area contributed by atoms with Crippen LogP contribution in [0, 0.1) is 5.92 Å².